The van der Waals surface area contributed by atoms with Crippen molar-refractivity contribution in [2.24, 2.45) is 0 Å². The molecule has 0 bridgehead atoms. The second-order valence-corrected chi connectivity index (χ2v) is 12.1. The number of nitrogens with one attached hydrogen (secondary N) is 1. The van der Waals surface area contributed by atoms with Crippen LogP contribution in [0.1, 0.15) is 38.3 Å². The molecule has 2 amide bonds. The summed E-state index contributed by atoms with van der Waals surface area (Å²) in [5, 5.41) is 3.53. The van der Waals surface area contributed by atoms with Crippen LogP contribution in [-0.4, -0.2) is 50.0 Å². The smallest absolute Gasteiger partial charge is 0.244 e. The number of aryl methyl sites for hydroxylation is 1. The van der Waals surface area contributed by atoms with Crippen LogP contribution in [-0.2, 0) is 26.2 Å². The molecule has 2 aromatic rings. The third-order valence-corrected chi connectivity index (χ3v) is 8.05. The van der Waals surface area contributed by atoms with Gasteiger partial charge in [0.1, 0.15) is 12.6 Å². The van der Waals surface area contributed by atoms with Crippen LogP contribution in [0.2, 0.25) is 10.0 Å². The lowest BCUT2D eigenvalue weighted by molar-refractivity contribution is -0.140. The van der Waals surface area contributed by atoms with E-state index in [9.17, 15) is 18.0 Å². The minimum atomic E-state index is -3.82. The maximum absolute atomic E-state index is 13.7. The molecule has 2 aromatic carbocycles. The monoisotopic (exact) mass is 605 g/mol. The Morgan fingerprint density at radius 1 is 1.11 bits per heavy atom. The molecule has 7 nitrogen and oxygen atoms in total. The van der Waals surface area contributed by atoms with Crippen molar-refractivity contribution in [3.8, 4) is 0 Å². The van der Waals surface area contributed by atoms with Crippen LogP contribution < -0.4 is 9.62 Å². The van der Waals surface area contributed by atoms with Crippen LogP contribution in [0.25, 0.3) is 0 Å². The molecule has 0 saturated heterocycles. The lowest BCUT2D eigenvalue weighted by atomic mass is 10.1. The first-order valence-corrected chi connectivity index (χ1v) is 14.4. The Balaban J connectivity index is 2.52. The third-order valence-electron chi connectivity index (χ3n) is 5.32. The molecule has 0 aromatic heterocycles. The zero-order valence-corrected chi connectivity index (χ0v) is 24.2. The Morgan fingerprint density at radius 2 is 1.71 bits per heavy atom. The van der Waals surface area contributed by atoms with Crippen LogP contribution in [0.3, 0.4) is 0 Å². The summed E-state index contributed by atoms with van der Waals surface area (Å²) in [6, 6.07) is 8.99. The standard InChI is InChI=1S/C24H30BrCl2N3O4S/c1-6-22(24(32)28-15(2)3)29(13-18-20(26)8-7-9-21(18)27)23(31)14-30(35(5,33)34)17-10-11-19(25)16(4)12-17/h7-12,15,22H,6,13-14H2,1-5H3,(H,28,32). The molecule has 35 heavy (non-hydrogen) atoms. The second-order valence-electron chi connectivity index (χ2n) is 8.51. The number of halogens is 3. The van der Waals surface area contributed by atoms with Gasteiger partial charge in [0.25, 0.3) is 0 Å². The quantitative estimate of drug-likeness (QED) is 0.405. The van der Waals surface area contributed by atoms with E-state index in [4.69, 9.17) is 23.2 Å². The average Bonchev–Trinajstić information content (AvgIpc) is 2.74. The fourth-order valence-electron chi connectivity index (χ4n) is 3.55. The van der Waals surface area contributed by atoms with E-state index < -0.39 is 28.5 Å². The van der Waals surface area contributed by atoms with E-state index in [0.29, 0.717) is 27.7 Å². The Labute approximate surface area is 225 Å². The second kappa shape index (κ2) is 12.4. The van der Waals surface area contributed by atoms with E-state index in [-0.39, 0.29) is 18.5 Å². The van der Waals surface area contributed by atoms with Gasteiger partial charge >= 0.3 is 0 Å². The molecule has 11 heteroatoms. The zero-order chi connectivity index (χ0) is 26.5. The Kier molecular flexibility index (Phi) is 10.4. The molecule has 0 aliphatic rings. The highest BCUT2D eigenvalue weighted by Crippen LogP contribution is 2.28. The molecule has 0 fully saturated rings. The van der Waals surface area contributed by atoms with E-state index in [1.54, 1.807) is 43.3 Å². The number of hydrogen-bond donors (Lipinski definition) is 1. The molecule has 1 atom stereocenters. The lowest BCUT2D eigenvalue weighted by Crippen LogP contribution is -2.53. The minimum absolute atomic E-state index is 0.0572. The summed E-state index contributed by atoms with van der Waals surface area (Å²) in [4.78, 5) is 28.0. The largest absolute Gasteiger partial charge is 0.352 e. The average molecular weight is 607 g/mol. The van der Waals surface area contributed by atoms with Crippen molar-refractivity contribution < 1.29 is 18.0 Å². The summed E-state index contributed by atoms with van der Waals surface area (Å²) >= 11 is 16.1. The van der Waals surface area contributed by atoms with Crippen molar-refractivity contribution in [1.82, 2.24) is 10.2 Å². The van der Waals surface area contributed by atoms with Gasteiger partial charge in [0.05, 0.1) is 11.9 Å². The molecule has 0 heterocycles. The van der Waals surface area contributed by atoms with Crippen molar-refractivity contribution in [1.29, 1.82) is 0 Å². The molecule has 0 aliphatic heterocycles. The van der Waals surface area contributed by atoms with Gasteiger partial charge in [-0.15, -0.1) is 0 Å². The van der Waals surface area contributed by atoms with Crippen molar-refractivity contribution in [2.75, 3.05) is 17.1 Å². The lowest BCUT2D eigenvalue weighted by Gasteiger charge is -2.33. The van der Waals surface area contributed by atoms with E-state index in [2.05, 4.69) is 21.2 Å². The van der Waals surface area contributed by atoms with Gasteiger partial charge < -0.3 is 10.2 Å². The number of nitrogens with zero attached hydrogens (tertiary/aromatic N) is 2. The number of anilines is 1. The van der Waals surface area contributed by atoms with Gasteiger partial charge in [-0.05, 0) is 63.1 Å². The number of hydrogen-bond acceptors (Lipinski definition) is 4. The van der Waals surface area contributed by atoms with Gasteiger partial charge in [-0.2, -0.15) is 0 Å². The molecule has 0 aliphatic carbocycles. The molecule has 192 valence electrons. The number of rotatable bonds is 10. The first-order chi connectivity index (χ1) is 16.3. The molecule has 1 unspecified atom stereocenters. The van der Waals surface area contributed by atoms with Gasteiger partial charge in [-0.25, -0.2) is 8.42 Å². The number of carbonyl (C=O) groups is 2. The predicted octanol–water partition coefficient (Wildman–Crippen LogP) is 5.16. The van der Waals surface area contributed by atoms with Gasteiger partial charge in [0.2, 0.25) is 21.8 Å². The molecular formula is C24H30BrCl2N3O4S. The Morgan fingerprint density at radius 3 is 2.20 bits per heavy atom. The fourth-order valence-corrected chi connectivity index (χ4v) is 5.16. The molecule has 0 saturated carbocycles. The number of sulfonamides is 1. The van der Waals surface area contributed by atoms with Gasteiger partial charge in [0, 0.05) is 32.7 Å². The summed E-state index contributed by atoms with van der Waals surface area (Å²) in [6.07, 6.45) is 1.35. The molecule has 1 N–H and O–H groups in total. The highest BCUT2D eigenvalue weighted by molar-refractivity contribution is 9.10. The summed E-state index contributed by atoms with van der Waals surface area (Å²) in [5.41, 5.74) is 1.63. The summed E-state index contributed by atoms with van der Waals surface area (Å²) in [5.74, 6) is -0.901. The van der Waals surface area contributed by atoms with E-state index in [1.807, 2.05) is 20.8 Å². The highest BCUT2D eigenvalue weighted by atomic mass is 79.9. The van der Waals surface area contributed by atoms with Crippen molar-refractivity contribution in [3.05, 3.63) is 62.0 Å². The van der Waals surface area contributed by atoms with Crippen LogP contribution >= 0.6 is 39.1 Å². The Bertz CT molecular complexity index is 1170. The third kappa shape index (κ3) is 7.84. The first kappa shape index (κ1) is 29.4. The van der Waals surface area contributed by atoms with E-state index in [0.717, 1.165) is 20.6 Å². The molecule has 2 rings (SSSR count). The van der Waals surface area contributed by atoms with Crippen molar-refractivity contribution >= 4 is 66.7 Å². The zero-order valence-electron chi connectivity index (χ0n) is 20.3. The van der Waals surface area contributed by atoms with E-state index in [1.165, 1.54) is 4.90 Å². The highest BCUT2D eigenvalue weighted by Gasteiger charge is 2.32. The summed E-state index contributed by atoms with van der Waals surface area (Å²) in [6.45, 7) is 6.70. The normalized spacial score (nSPS) is 12.4. The number of benzene rings is 2. The van der Waals surface area contributed by atoms with Gasteiger partial charge in [-0.1, -0.05) is 52.1 Å². The molecule has 0 radical (unpaired) electrons. The van der Waals surface area contributed by atoms with Crippen LogP contribution in [0.15, 0.2) is 40.9 Å². The topological polar surface area (TPSA) is 86.8 Å². The fraction of sp³-hybridized carbons (Fsp3) is 0.417. The maximum atomic E-state index is 13.7. The van der Waals surface area contributed by atoms with Crippen LogP contribution in [0.4, 0.5) is 5.69 Å². The molecular weight excluding hydrogens is 577 g/mol. The Hall–Kier alpha value is -1.81. The van der Waals surface area contributed by atoms with Crippen molar-refractivity contribution in [3.63, 3.8) is 0 Å². The molecule has 0 spiro atoms. The minimum Gasteiger partial charge on any atom is -0.352 e. The van der Waals surface area contributed by atoms with Gasteiger partial charge in [-0.3, -0.25) is 13.9 Å². The summed E-state index contributed by atoms with van der Waals surface area (Å²) in [7, 11) is -3.82. The van der Waals surface area contributed by atoms with E-state index >= 15 is 0 Å². The first-order valence-electron chi connectivity index (χ1n) is 11.0. The maximum Gasteiger partial charge on any atom is 0.244 e. The predicted molar refractivity (Wildman–Crippen MR) is 145 cm³/mol. The SMILES string of the molecule is CCC(C(=O)NC(C)C)N(Cc1c(Cl)cccc1Cl)C(=O)CN(c1ccc(Br)c(C)c1)S(C)(=O)=O. The number of amides is 2. The van der Waals surface area contributed by atoms with Crippen molar-refractivity contribution in [2.45, 2.75) is 52.7 Å². The number of carbonyl (C=O) groups excluding carboxylic acids is 2. The van der Waals surface area contributed by atoms with Crippen LogP contribution in [0.5, 0.6) is 0 Å². The van der Waals surface area contributed by atoms with Gasteiger partial charge in [0.15, 0.2) is 0 Å². The van der Waals surface area contributed by atoms with Crippen LogP contribution in [0, 0.1) is 6.92 Å². The summed E-state index contributed by atoms with van der Waals surface area (Å²) < 4.78 is 27.2.